The molecule has 0 aromatic heterocycles. The molecule has 1 N–H and O–H groups in total. The second-order valence-corrected chi connectivity index (χ2v) is 8.26. The van der Waals surface area contributed by atoms with Crippen molar-refractivity contribution in [2.75, 3.05) is 27.4 Å². The van der Waals surface area contributed by atoms with Crippen molar-refractivity contribution in [3.63, 3.8) is 0 Å². The van der Waals surface area contributed by atoms with E-state index in [1.165, 1.54) is 0 Å². The van der Waals surface area contributed by atoms with E-state index in [0.717, 1.165) is 41.0 Å². The molecule has 4 rings (SSSR count). The second-order valence-electron chi connectivity index (χ2n) is 8.26. The summed E-state index contributed by atoms with van der Waals surface area (Å²) in [5.74, 6) is 1.57. The molecule has 1 heterocycles. The highest BCUT2D eigenvalue weighted by Gasteiger charge is 2.38. The molecule has 1 aliphatic heterocycles. The number of aliphatic hydroxyl groups excluding tert-OH is 1. The molecular formula is C28H32O5. The first-order chi connectivity index (χ1) is 16.2. The number of hydrogen-bond donors (Lipinski definition) is 1. The van der Waals surface area contributed by atoms with Gasteiger partial charge in [0.1, 0.15) is 17.1 Å². The first kappa shape index (κ1) is 23.3. The molecule has 0 unspecified atom stereocenters. The molecule has 1 fully saturated rings. The lowest BCUT2D eigenvalue weighted by molar-refractivity contribution is -0.0943. The van der Waals surface area contributed by atoms with E-state index in [0.29, 0.717) is 19.6 Å². The highest BCUT2D eigenvalue weighted by molar-refractivity contribution is 5.49. The molecule has 0 radical (unpaired) electrons. The van der Waals surface area contributed by atoms with Gasteiger partial charge in [-0.15, -0.1) is 0 Å². The third-order valence-electron chi connectivity index (χ3n) is 6.30. The molecule has 1 saturated heterocycles. The van der Waals surface area contributed by atoms with E-state index in [1.54, 1.807) is 14.2 Å². The summed E-state index contributed by atoms with van der Waals surface area (Å²) in [6, 6.07) is 26.2. The largest absolute Gasteiger partial charge is 0.497 e. The molecule has 3 aromatic carbocycles. The zero-order chi connectivity index (χ0) is 23.1. The molecule has 1 aliphatic rings. The van der Waals surface area contributed by atoms with E-state index >= 15 is 0 Å². The number of methoxy groups -OCH3 is 2. The van der Waals surface area contributed by atoms with E-state index in [2.05, 4.69) is 12.1 Å². The molecule has 0 bridgehead atoms. The molecule has 0 aliphatic carbocycles. The van der Waals surface area contributed by atoms with Crippen LogP contribution in [0, 0.1) is 0 Å². The Labute approximate surface area is 195 Å². The molecule has 2 atom stereocenters. The van der Waals surface area contributed by atoms with Crippen LogP contribution in [0.4, 0.5) is 0 Å². The molecule has 174 valence electrons. The zero-order valence-electron chi connectivity index (χ0n) is 19.3. The summed E-state index contributed by atoms with van der Waals surface area (Å²) >= 11 is 0. The molecule has 33 heavy (non-hydrogen) atoms. The van der Waals surface area contributed by atoms with Crippen LogP contribution in [0.2, 0.25) is 0 Å². The fraction of sp³-hybridized carbons (Fsp3) is 0.357. The third kappa shape index (κ3) is 5.06. The van der Waals surface area contributed by atoms with Crippen molar-refractivity contribution in [1.29, 1.82) is 0 Å². The minimum absolute atomic E-state index is 0.209. The first-order valence-electron chi connectivity index (χ1n) is 11.5. The van der Waals surface area contributed by atoms with Crippen LogP contribution in [0.15, 0.2) is 78.9 Å². The van der Waals surface area contributed by atoms with Gasteiger partial charge in [0.05, 0.1) is 33.0 Å². The lowest BCUT2D eigenvalue weighted by Gasteiger charge is -2.37. The Morgan fingerprint density at radius 3 is 1.88 bits per heavy atom. The quantitative estimate of drug-likeness (QED) is 0.470. The van der Waals surface area contributed by atoms with Gasteiger partial charge >= 0.3 is 0 Å². The first-order valence-corrected chi connectivity index (χ1v) is 11.5. The van der Waals surface area contributed by atoms with Gasteiger partial charge in [-0.25, -0.2) is 0 Å². The molecule has 3 aromatic rings. The predicted molar refractivity (Wildman–Crippen MR) is 128 cm³/mol. The number of aliphatic hydroxyl groups is 1. The standard InChI is InChI=1S/C28H32O5/c1-30-24-14-10-22(11-15-24)28(21-7-4-3-5-8-21,23-12-16-25(31-2)17-13-23)33-20-18-27-26(29)9-6-19-32-27/h3-5,7-8,10-17,26-27,29H,6,9,18-20H2,1-2H3/t26-,27-/m1/s1. The van der Waals surface area contributed by atoms with Gasteiger partial charge in [-0.1, -0.05) is 54.6 Å². The van der Waals surface area contributed by atoms with Gasteiger partial charge in [0.2, 0.25) is 0 Å². The highest BCUT2D eigenvalue weighted by atomic mass is 16.5. The Morgan fingerprint density at radius 2 is 1.36 bits per heavy atom. The maximum Gasteiger partial charge on any atom is 0.143 e. The summed E-state index contributed by atoms with van der Waals surface area (Å²) in [7, 11) is 3.32. The van der Waals surface area contributed by atoms with Gasteiger partial charge in [-0.2, -0.15) is 0 Å². The lowest BCUT2D eigenvalue weighted by Crippen LogP contribution is -2.37. The molecule has 0 spiro atoms. The SMILES string of the molecule is COc1ccc(C(OCC[C@H]2OCCC[C@H]2O)(c2ccccc2)c2ccc(OC)cc2)cc1. The Hall–Kier alpha value is -2.86. The summed E-state index contributed by atoms with van der Waals surface area (Å²) in [6.45, 7) is 1.11. The maximum atomic E-state index is 10.4. The minimum Gasteiger partial charge on any atom is -0.497 e. The maximum absolute atomic E-state index is 10.4. The van der Waals surface area contributed by atoms with Crippen molar-refractivity contribution < 1.29 is 24.1 Å². The summed E-state index contributed by atoms with van der Waals surface area (Å²) in [5, 5.41) is 10.4. The predicted octanol–water partition coefficient (Wildman–Crippen LogP) is 4.94. The summed E-state index contributed by atoms with van der Waals surface area (Å²) < 4.78 is 23.4. The second kappa shape index (κ2) is 10.8. The minimum atomic E-state index is -0.848. The van der Waals surface area contributed by atoms with Crippen molar-refractivity contribution >= 4 is 0 Å². The lowest BCUT2D eigenvalue weighted by atomic mass is 9.80. The number of rotatable bonds is 9. The van der Waals surface area contributed by atoms with Crippen LogP contribution in [0.25, 0.3) is 0 Å². The van der Waals surface area contributed by atoms with Gasteiger partial charge in [0.25, 0.3) is 0 Å². The van der Waals surface area contributed by atoms with E-state index in [-0.39, 0.29) is 6.10 Å². The number of ether oxygens (including phenoxy) is 4. The Balaban J connectivity index is 1.76. The Morgan fingerprint density at radius 1 is 0.818 bits per heavy atom. The van der Waals surface area contributed by atoms with E-state index < -0.39 is 11.7 Å². The van der Waals surface area contributed by atoms with Crippen molar-refractivity contribution in [3.05, 3.63) is 95.6 Å². The monoisotopic (exact) mass is 448 g/mol. The van der Waals surface area contributed by atoms with E-state index in [1.807, 2.05) is 66.7 Å². The molecule has 5 heteroatoms. The van der Waals surface area contributed by atoms with Crippen LogP contribution in [0.3, 0.4) is 0 Å². The van der Waals surface area contributed by atoms with Gasteiger partial charge in [-0.05, 0) is 60.2 Å². The summed E-state index contributed by atoms with van der Waals surface area (Å²) in [4.78, 5) is 0. The van der Waals surface area contributed by atoms with Crippen LogP contribution >= 0.6 is 0 Å². The average molecular weight is 449 g/mol. The van der Waals surface area contributed by atoms with Crippen LogP contribution in [0.5, 0.6) is 11.5 Å². The van der Waals surface area contributed by atoms with Crippen molar-refractivity contribution in [2.24, 2.45) is 0 Å². The van der Waals surface area contributed by atoms with Crippen molar-refractivity contribution in [2.45, 2.75) is 37.1 Å². The summed E-state index contributed by atoms with van der Waals surface area (Å²) in [5.41, 5.74) is 2.15. The fourth-order valence-corrected chi connectivity index (χ4v) is 4.50. The molecule has 5 nitrogen and oxygen atoms in total. The zero-order valence-corrected chi connectivity index (χ0v) is 19.3. The van der Waals surface area contributed by atoms with Gasteiger partial charge < -0.3 is 24.1 Å². The fourth-order valence-electron chi connectivity index (χ4n) is 4.50. The Bertz CT molecular complexity index is 938. The highest BCUT2D eigenvalue weighted by Crippen LogP contribution is 2.42. The smallest absolute Gasteiger partial charge is 0.143 e. The number of hydrogen-bond acceptors (Lipinski definition) is 5. The summed E-state index contributed by atoms with van der Waals surface area (Å²) in [6.07, 6.45) is 1.62. The van der Waals surface area contributed by atoms with Gasteiger partial charge in [0, 0.05) is 6.61 Å². The van der Waals surface area contributed by atoms with Crippen LogP contribution < -0.4 is 9.47 Å². The van der Waals surface area contributed by atoms with E-state index in [4.69, 9.17) is 18.9 Å². The molecular weight excluding hydrogens is 416 g/mol. The van der Waals surface area contributed by atoms with Crippen LogP contribution in [-0.2, 0) is 15.1 Å². The number of benzene rings is 3. The van der Waals surface area contributed by atoms with Gasteiger partial charge in [0.15, 0.2) is 0 Å². The van der Waals surface area contributed by atoms with Crippen molar-refractivity contribution in [1.82, 2.24) is 0 Å². The van der Waals surface area contributed by atoms with Gasteiger partial charge in [-0.3, -0.25) is 0 Å². The van der Waals surface area contributed by atoms with Crippen LogP contribution in [0.1, 0.15) is 36.0 Å². The molecule has 0 saturated carbocycles. The van der Waals surface area contributed by atoms with Crippen molar-refractivity contribution in [3.8, 4) is 11.5 Å². The topological polar surface area (TPSA) is 57.2 Å². The van der Waals surface area contributed by atoms with E-state index in [9.17, 15) is 5.11 Å². The normalized spacial score (nSPS) is 18.6. The van der Waals surface area contributed by atoms with Crippen LogP contribution in [-0.4, -0.2) is 44.7 Å². The Kier molecular flexibility index (Phi) is 7.65. The molecule has 0 amide bonds. The average Bonchev–Trinajstić information content (AvgIpc) is 2.88. The third-order valence-corrected chi connectivity index (χ3v) is 6.30.